The number of halogens is 3. The maximum absolute atomic E-state index is 6.01. The van der Waals surface area contributed by atoms with Crippen molar-refractivity contribution in [2.45, 2.75) is 12.5 Å². The normalized spacial score (nSPS) is 12.4. The number of hydrogen-bond donors (Lipinski definition) is 2. The summed E-state index contributed by atoms with van der Waals surface area (Å²) in [6.07, 6.45) is 0.798. The molecule has 0 aliphatic carbocycles. The summed E-state index contributed by atoms with van der Waals surface area (Å²) in [7, 11) is 0. The summed E-state index contributed by atoms with van der Waals surface area (Å²) in [5.74, 6) is 5.68. The number of nitrogens with two attached hydrogens (primary N) is 1. The Labute approximate surface area is 134 Å². The van der Waals surface area contributed by atoms with E-state index < -0.39 is 0 Å². The molecular weight excluding hydrogens is 391 g/mol. The zero-order valence-corrected chi connectivity index (χ0v) is 14.0. The zero-order chi connectivity index (χ0) is 13.8. The van der Waals surface area contributed by atoms with Crippen molar-refractivity contribution >= 4 is 43.5 Å². The fourth-order valence-corrected chi connectivity index (χ4v) is 2.85. The molecule has 5 heteroatoms. The van der Waals surface area contributed by atoms with E-state index in [0.717, 1.165) is 20.9 Å². The molecule has 0 aliphatic heterocycles. The lowest BCUT2D eigenvalue weighted by atomic mass is 9.99. The number of benzene rings is 2. The van der Waals surface area contributed by atoms with Gasteiger partial charge in [0, 0.05) is 8.95 Å². The molecule has 0 aromatic heterocycles. The van der Waals surface area contributed by atoms with Crippen LogP contribution in [0.1, 0.15) is 17.2 Å². The Morgan fingerprint density at radius 3 is 2.47 bits per heavy atom. The fraction of sp³-hybridized carbons (Fsp3) is 0.143. The second-order valence-electron chi connectivity index (χ2n) is 4.19. The van der Waals surface area contributed by atoms with Crippen LogP contribution in [0.3, 0.4) is 0 Å². The first-order valence-corrected chi connectivity index (χ1v) is 7.72. The molecule has 19 heavy (non-hydrogen) atoms. The summed E-state index contributed by atoms with van der Waals surface area (Å²) in [5.41, 5.74) is 5.15. The van der Waals surface area contributed by atoms with Crippen LogP contribution in [-0.4, -0.2) is 0 Å². The smallest absolute Gasteiger partial charge is 0.0548 e. The molecule has 2 nitrogen and oxygen atoms in total. The third kappa shape index (κ3) is 3.80. The van der Waals surface area contributed by atoms with Crippen LogP contribution >= 0.6 is 43.5 Å². The van der Waals surface area contributed by atoms with Crippen molar-refractivity contribution in [2.75, 3.05) is 0 Å². The molecule has 0 saturated heterocycles. The van der Waals surface area contributed by atoms with Gasteiger partial charge in [-0.3, -0.25) is 11.3 Å². The van der Waals surface area contributed by atoms with E-state index >= 15 is 0 Å². The van der Waals surface area contributed by atoms with Gasteiger partial charge in [0.25, 0.3) is 0 Å². The van der Waals surface area contributed by atoms with Gasteiger partial charge in [0.1, 0.15) is 0 Å². The molecule has 0 aliphatic rings. The lowest BCUT2D eigenvalue weighted by Gasteiger charge is -2.18. The summed E-state index contributed by atoms with van der Waals surface area (Å²) in [4.78, 5) is 0. The van der Waals surface area contributed by atoms with Gasteiger partial charge in [-0.2, -0.15) is 0 Å². The van der Waals surface area contributed by atoms with E-state index in [9.17, 15) is 0 Å². The van der Waals surface area contributed by atoms with Crippen LogP contribution in [0.4, 0.5) is 0 Å². The van der Waals surface area contributed by atoms with E-state index in [4.69, 9.17) is 17.4 Å². The highest BCUT2D eigenvalue weighted by Crippen LogP contribution is 2.28. The van der Waals surface area contributed by atoms with Gasteiger partial charge < -0.3 is 0 Å². The lowest BCUT2D eigenvalue weighted by molar-refractivity contribution is 0.551. The highest BCUT2D eigenvalue weighted by atomic mass is 79.9. The van der Waals surface area contributed by atoms with Crippen LogP contribution in [0.15, 0.2) is 51.4 Å². The van der Waals surface area contributed by atoms with E-state index in [0.29, 0.717) is 5.02 Å². The molecule has 2 aromatic rings. The van der Waals surface area contributed by atoms with Gasteiger partial charge in [-0.1, -0.05) is 51.8 Å². The van der Waals surface area contributed by atoms with Crippen molar-refractivity contribution in [2.24, 2.45) is 5.84 Å². The number of rotatable bonds is 4. The van der Waals surface area contributed by atoms with Crippen LogP contribution in [-0.2, 0) is 6.42 Å². The topological polar surface area (TPSA) is 38.0 Å². The third-order valence-corrected chi connectivity index (χ3v) is 4.92. The first-order valence-electron chi connectivity index (χ1n) is 5.76. The van der Waals surface area contributed by atoms with Crippen LogP contribution in [0.2, 0.25) is 5.02 Å². The minimum absolute atomic E-state index is 0.0345. The van der Waals surface area contributed by atoms with Gasteiger partial charge in [-0.05, 0) is 51.7 Å². The average molecular weight is 405 g/mol. The van der Waals surface area contributed by atoms with Gasteiger partial charge >= 0.3 is 0 Å². The van der Waals surface area contributed by atoms with Gasteiger partial charge in [0.2, 0.25) is 0 Å². The van der Waals surface area contributed by atoms with Crippen molar-refractivity contribution in [3.05, 3.63) is 67.6 Å². The molecule has 0 heterocycles. The van der Waals surface area contributed by atoms with Crippen molar-refractivity contribution in [3.8, 4) is 0 Å². The highest BCUT2D eigenvalue weighted by molar-refractivity contribution is 9.10. The van der Waals surface area contributed by atoms with Gasteiger partial charge in [-0.25, -0.2) is 0 Å². The van der Waals surface area contributed by atoms with E-state index in [1.54, 1.807) is 0 Å². The summed E-state index contributed by atoms with van der Waals surface area (Å²) in [5, 5.41) is 0.695. The Morgan fingerprint density at radius 2 is 1.84 bits per heavy atom. The number of hydrazine groups is 1. The second kappa shape index (κ2) is 6.86. The summed E-state index contributed by atoms with van der Waals surface area (Å²) in [6.45, 7) is 0. The van der Waals surface area contributed by atoms with Gasteiger partial charge in [0.05, 0.1) is 11.1 Å². The predicted molar refractivity (Wildman–Crippen MR) is 87.1 cm³/mol. The molecule has 0 saturated carbocycles. The molecule has 100 valence electrons. The van der Waals surface area contributed by atoms with E-state index in [1.807, 2.05) is 36.4 Å². The largest absolute Gasteiger partial charge is 0.271 e. The minimum Gasteiger partial charge on any atom is -0.271 e. The Hall–Kier alpha value is -0.390. The molecule has 2 aromatic carbocycles. The monoisotopic (exact) mass is 402 g/mol. The molecule has 0 fully saturated rings. The average Bonchev–Trinajstić information content (AvgIpc) is 2.41. The summed E-state index contributed by atoms with van der Waals surface area (Å²) < 4.78 is 1.96. The molecule has 0 radical (unpaired) electrons. The van der Waals surface area contributed by atoms with Crippen LogP contribution in [0.5, 0.6) is 0 Å². The standard InChI is InChI=1S/C14H13Br2ClN2/c15-11-4-2-1-3-9(11)8-14(19-18)10-5-6-13(17)12(16)7-10/h1-7,14,19H,8,18H2. The molecule has 0 amide bonds. The third-order valence-electron chi connectivity index (χ3n) is 2.93. The molecule has 2 rings (SSSR count). The van der Waals surface area contributed by atoms with E-state index in [1.165, 1.54) is 5.56 Å². The molecule has 0 spiro atoms. The van der Waals surface area contributed by atoms with Crippen molar-refractivity contribution in [1.82, 2.24) is 5.43 Å². The first-order chi connectivity index (χ1) is 9.11. The first kappa shape index (κ1) is 15.0. The Kier molecular flexibility index (Phi) is 5.42. The van der Waals surface area contributed by atoms with Crippen molar-refractivity contribution in [3.63, 3.8) is 0 Å². The van der Waals surface area contributed by atoms with E-state index in [-0.39, 0.29) is 6.04 Å². The predicted octanol–water partition coefficient (Wildman–Crippen LogP) is 4.61. The van der Waals surface area contributed by atoms with Gasteiger partial charge in [0.15, 0.2) is 0 Å². The fourth-order valence-electron chi connectivity index (χ4n) is 1.89. The maximum atomic E-state index is 6.01. The summed E-state index contributed by atoms with van der Waals surface area (Å²) >= 11 is 13.0. The molecule has 1 atom stereocenters. The minimum atomic E-state index is 0.0345. The highest BCUT2D eigenvalue weighted by Gasteiger charge is 2.13. The molecule has 1 unspecified atom stereocenters. The SMILES string of the molecule is NNC(Cc1ccccc1Br)c1ccc(Cl)c(Br)c1. The van der Waals surface area contributed by atoms with Crippen LogP contribution in [0, 0.1) is 0 Å². The van der Waals surface area contributed by atoms with Crippen LogP contribution in [0.25, 0.3) is 0 Å². The Balaban J connectivity index is 2.25. The van der Waals surface area contributed by atoms with Crippen LogP contribution < -0.4 is 11.3 Å². The number of nitrogens with one attached hydrogen (secondary N) is 1. The van der Waals surface area contributed by atoms with Gasteiger partial charge in [-0.15, -0.1) is 0 Å². The lowest BCUT2D eigenvalue weighted by Crippen LogP contribution is -2.29. The van der Waals surface area contributed by atoms with Crippen molar-refractivity contribution < 1.29 is 0 Å². The number of hydrogen-bond acceptors (Lipinski definition) is 2. The molecule has 0 bridgehead atoms. The second-order valence-corrected chi connectivity index (χ2v) is 6.30. The Bertz CT molecular complexity index is 575. The summed E-state index contributed by atoms with van der Waals surface area (Å²) in [6, 6.07) is 14.0. The molecular formula is C14H13Br2ClN2. The van der Waals surface area contributed by atoms with Crippen molar-refractivity contribution in [1.29, 1.82) is 0 Å². The molecule has 3 N–H and O–H groups in total. The zero-order valence-electron chi connectivity index (χ0n) is 10.0. The quantitative estimate of drug-likeness (QED) is 0.577. The maximum Gasteiger partial charge on any atom is 0.0548 e. The Morgan fingerprint density at radius 1 is 1.11 bits per heavy atom. The van der Waals surface area contributed by atoms with E-state index in [2.05, 4.69) is 43.4 Å².